The first kappa shape index (κ1) is 25.8. The van der Waals surface area contributed by atoms with Gasteiger partial charge in [-0.2, -0.15) is 4.98 Å². The summed E-state index contributed by atoms with van der Waals surface area (Å²) < 4.78 is 29.8. The highest BCUT2D eigenvalue weighted by atomic mass is 32.2. The van der Waals surface area contributed by atoms with E-state index >= 15 is 0 Å². The maximum absolute atomic E-state index is 12.8. The third-order valence-electron chi connectivity index (χ3n) is 5.87. The van der Waals surface area contributed by atoms with E-state index in [2.05, 4.69) is 30.4 Å². The van der Waals surface area contributed by atoms with Crippen molar-refractivity contribution in [2.24, 2.45) is 4.99 Å². The fourth-order valence-electron chi connectivity index (χ4n) is 4.17. The predicted molar refractivity (Wildman–Crippen MR) is 136 cm³/mol. The molecule has 2 aliphatic heterocycles. The molecule has 0 aromatic carbocycles. The normalized spacial score (nSPS) is 20.4. The first-order valence-electron chi connectivity index (χ1n) is 11.9. The van der Waals surface area contributed by atoms with E-state index in [1.54, 1.807) is 44.0 Å². The number of hydrogen-bond donors (Lipinski definition) is 3. The molecule has 2 aromatic rings. The number of hydrogen-bond acceptors (Lipinski definition) is 7. The second kappa shape index (κ2) is 9.97. The number of allylic oxidation sites excluding steroid dienone is 1. The van der Waals surface area contributed by atoms with E-state index in [0.717, 1.165) is 31.5 Å². The Hall–Kier alpha value is -3.32. The average molecular weight is 517 g/mol. The van der Waals surface area contributed by atoms with Crippen LogP contribution in [-0.4, -0.2) is 77.3 Å². The zero-order valence-corrected chi connectivity index (χ0v) is 21.7. The van der Waals surface area contributed by atoms with Crippen molar-refractivity contribution in [2.75, 3.05) is 25.0 Å². The van der Waals surface area contributed by atoms with Crippen LogP contribution < -0.4 is 15.4 Å². The van der Waals surface area contributed by atoms with Crippen molar-refractivity contribution >= 4 is 39.8 Å². The van der Waals surface area contributed by atoms with Crippen molar-refractivity contribution in [3.63, 3.8) is 0 Å². The lowest BCUT2D eigenvalue weighted by Crippen LogP contribution is -2.41. The zero-order chi connectivity index (χ0) is 26.1. The van der Waals surface area contributed by atoms with E-state index < -0.39 is 21.6 Å². The van der Waals surface area contributed by atoms with Crippen molar-refractivity contribution < 1.29 is 18.0 Å². The van der Waals surface area contributed by atoms with Crippen LogP contribution in [0.4, 0.5) is 10.7 Å². The lowest BCUT2D eigenvalue weighted by Gasteiger charge is -2.25. The Bertz CT molecular complexity index is 1320. The Kier molecular flexibility index (Phi) is 7.14. The summed E-state index contributed by atoms with van der Waals surface area (Å²) in [5, 5.41) is 9.39. The highest BCUT2D eigenvalue weighted by molar-refractivity contribution is 7.94. The molecule has 2 aliphatic rings. The molecule has 3 N–H and O–H groups in total. The molecule has 4 rings (SSSR count). The summed E-state index contributed by atoms with van der Waals surface area (Å²) in [5.41, 5.74) is 0.677. The summed E-state index contributed by atoms with van der Waals surface area (Å²) >= 11 is 0. The van der Waals surface area contributed by atoms with Crippen molar-refractivity contribution in [1.29, 1.82) is 0 Å². The number of rotatable bonds is 6. The van der Waals surface area contributed by atoms with Crippen molar-refractivity contribution in [2.45, 2.75) is 58.0 Å². The Morgan fingerprint density at radius 3 is 2.58 bits per heavy atom. The van der Waals surface area contributed by atoms with Crippen LogP contribution in [0.2, 0.25) is 0 Å². The molecule has 4 heterocycles. The molecule has 12 nitrogen and oxygen atoms in total. The van der Waals surface area contributed by atoms with Gasteiger partial charge in [0.1, 0.15) is 0 Å². The van der Waals surface area contributed by atoms with Crippen LogP contribution in [0, 0.1) is 0 Å². The molecule has 194 valence electrons. The lowest BCUT2D eigenvalue weighted by atomic mass is 9.92. The number of amides is 3. The number of aliphatic imine (C=N–C) groups is 1. The first-order chi connectivity index (χ1) is 16.9. The number of nitrogens with zero attached hydrogens (tertiary/aromatic N) is 5. The summed E-state index contributed by atoms with van der Waals surface area (Å²) in [6, 6.07) is 2.82. The average Bonchev–Trinajstić information content (AvgIpc) is 3.45. The number of fused-ring (bicyclic) bond motifs is 1. The lowest BCUT2D eigenvalue weighted by molar-refractivity contribution is -0.128. The number of carbonyl (C=O) groups excluding carboxylic acids is 2. The number of pyridine rings is 1. The van der Waals surface area contributed by atoms with Gasteiger partial charge in [-0.1, -0.05) is 12.1 Å². The van der Waals surface area contributed by atoms with Gasteiger partial charge in [-0.25, -0.2) is 22.4 Å². The SMILES string of the molecule is CC1N=CC(S(=O)(=O)NC(C)(C)C)=CC1c1ccc2nc(NC(=O)NCC(=O)N3CCCC3)nn2c1. The molecule has 3 amide bonds. The molecule has 1 saturated heterocycles. The number of carbonyl (C=O) groups is 2. The molecule has 0 aliphatic carbocycles. The molecule has 0 spiro atoms. The van der Waals surface area contributed by atoms with Gasteiger partial charge in [0, 0.05) is 37.0 Å². The zero-order valence-electron chi connectivity index (χ0n) is 20.9. The predicted octanol–water partition coefficient (Wildman–Crippen LogP) is 1.63. The standard InChI is InChI=1S/C23H32N8O4S/c1-15-18(11-17(12-24-15)36(34,35)29-23(2,3)4)16-7-8-19-26-21(28-31(19)14-16)27-22(33)25-13-20(32)30-9-5-6-10-30/h7-8,11-12,14-15,18,29H,5-6,9-10,13H2,1-4H3,(H2,25,27,28,33). The number of aromatic nitrogens is 3. The molecule has 2 unspecified atom stereocenters. The molecule has 13 heteroatoms. The molecular formula is C23H32N8O4S. The van der Waals surface area contributed by atoms with Crippen LogP contribution in [0.3, 0.4) is 0 Å². The number of dihydropyridines is 1. The van der Waals surface area contributed by atoms with Gasteiger partial charge >= 0.3 is 6.03 Å². The van der Waals surface area contributed by atoms with Crippen molar-refractivity contribution in [3.8, 4) is 0 Å². The maximum Gasteiger partial charge on any atom is 0.322 e. The van der Waals surface area contributed by atoms with E-state index in [1.165, 1.54) is 10.7 Å². The summed E-state index contributed by atoms with van der Waals surface area (Å²) in [4.78, 5) is 34.9. The maximum atomic E-state index is 12.8. The number of anilines is 1. The number of likely N-dealkylation sites (tertiary alicyclic amines) is 1. The largest absolute Gasteiger partial charge is 0.341 e. The van der Waals surface area contributed by atoms with Crippen molar-refractivity contribution in [3.05, 3.63) is 34.9 Å². The fraction of sp³-hybridized carbons (Fsp3) is 0.522. The van der Waals surface area contributed by atoms with Crippen LogP contribution >= 0.6 is 0 Å². The molecule has 0 radical (unpaired) electrons. The molecular weight excluding hydrogens is 484 g/mol. The van der Waals surface area contributed by atoms with Crippen LogP contribution in [0.5, 0.6) is 0 Å². The third kappa shape index (κ3) is 6.08. The van der Waals surface area contributed by atoms with Crippen LogP contribution in [0.25, 0.3) is 5.65 Å². The van der Waals surface area contributed by atoms with Gasteiger partial charge < -0.3 is 10.2 Å². The number of urea groups is 1. The molecule has 0 saturated carbocycles. The van der Waals surface area contributed by atoms with E-state index in [9.17, 15) is 18.0 Å². The Morgan fingerprint density at radius 1 is 1.17 bits per heavy atom. The Morgan fingerprint density at radius 2 is 1.89 bits per heavy atom. The minimum atomic E-state index is -3.73. The summed E-state index contributed by atoms with van der Waals surface area (Å²) in [7, 11) is -3.73. The monoisotopic (exact) mass is 516 g/mol. The van der Waals surface area contributed by atoms with Gasteiger partial charge in [0.15, 0.2) is 5.65 Å². The minimum Gasteiger partial charge on any atom is -0.341 e. The van der Waals surface area contributed by atoms with Gasteiger partial charge in [-0.05, 0) is 52.2 Å². The van der Waals surface area contributed by atoms with Crippen molar-refractivity contribution in [1.82, 2.24) is 29.5 Å². The topological polar surface area (TPSA) is 150 Å². The second-order valence-corrected chi connectivity index (χ2v) is 11.7. The first-order valence-corrected chi connectivity index (χ1v) is 13.4. The highest BCUT2D eigenvalue weighted by Gasteiger charge is 2.29. The number of sulfonamides is 1. The third-order valence-corrected chi connectivity index (χ3v) is 7.62. The molecule has 0 bridgehead atoms. The summed E-state index contributed by atoms with van der Waals surface area (Å²) in [5.74, 6) is -0.334. The van der Waals surface area contributed by atoms with Gasteiger partial charge in [-0.15, -0.1) is 5.10 Å². The van der Waals surface area contributed by atoms with E-state index in [-0.39, 0.29) is 35.3 Å². The van der Waals surface area contributed by atoms with E-state index in [0.29, 0.717) is 5.65 Å². The Labute approximate surface area is 210 Å². The Balaban J connectivity index is 1.46. The molecule has 36 heavy (non-hydrogen) atoms. The van der Waals surface area contributed by atoms with Gasteiger partial charge in [0.2, 0.25) is 15.9 Å². The molecule has 1 fully saturated rings. The fourth-order valence-corrected chi connectivity index (χ4v) is 5.62. The van der Waals surface area contributed by atoms with Gasteiger partial charge in [0.25, 0.3) is 5.95 Å². The summed E-state index contributed by atoms with van der Waals surface area (Å²) in [6.07, 6.45) is 6.78. The van der Waals surface area contributed by atoms with E-state index in [4.69, 9.17) is 0 Å². The van der Waals surface area contributed by atoms with E-state index in [1.807, 2.05) is 13.0 Å². The van der Waals surface area contributed by atoms with Crippen LogP contribution in [0.15, 0.2) is 34.3 Å². The molecule has 2 aromatic heterocycles. The quantitative estimate of drug-likeness (QED) is 0.531. The molecule has 2 atom stereocenters. The van der Waals surface area contributed by atoms with Crippen LogP contribution in [-0.2, 0) is 14.8 Å². The second-order valence-electron chi connectivity index (χ2n) is 10.1. The number of nitrogens with one attached hydrogen (secondary N) is 3. The smallest absolute Gasteiger partial charge is 0.322 e. The van der Waals surface area contributed by atoms with Crippen LogP contribution in [0.1, 0.15) is 52.0 Å². The highest BCUT2D eigenvalue weighted by Crippen LogP contribution is 2.29. The van der Waals surface area contributed by atoms with Gasteiger partial charge in [-0.3, -0.25) is 15.1 Å². The summed E-state index contributed by atoms with van der Waals surface area (Å²) in [6.45, 7) is 8.59. The van der Waals surface area contributed by atoms with Gasteiger partial charge in [0.05, 0.1) is 17.5 Å². The minimum absolute atomic E-state index is 0.0844.